The number of Topliss-reactive ketones (excluding diaryl/α,β-unsaturated/α-hetero) is 1. The molecule has 0 bridgehead atoms. The maximum absolute atomic E-state index is 12.8. The first kappa shape index (κ1) is 24.6. The van der Waals surface area contributed by atoms with E-state index >= 15 is 0 Å². The summed E-state index contributed by atoms with van der Waals surface area (Å²) in [6, 6.07) is 4.83. The number of carbonyl (C=O) groups is 1. The van der Waals surface area contributed by atoms with E-state index in [0.717, 1.165) is 24.3 Å². The first-order valence-corrected chi connectivity index (χ1v) is 11.9. The molecule has 1 saturated heterocycles. The van der Waals surface area contributed by atoms with Crippen molar-refractivity contribution >= 4 is 28.7 Å². The third-order valence-corrected chi connectivity index (χ3v) is 6.79. The van der Waals surface area contributed by atoms with Crippen molar-refractivity contribution in [3.8, 4) is 17.0 Å². The highest BCUT2D eigenvalue weighted by atomic mass is 35.5. The molecule has 1 aliphatic heterocycles. The lowest BCUT2D eigenvalue weighted by Gasteiger charge is -2.20. The number of aromatic nitrogens is 3. The normalized spacial score (nSPS) is 16.7. The number of carbonyl (C=O) groups excluding carboxylic acids is 1. The molecule has 1 aliphatic rings. The van der Waals surface area contributed by atoms with Gasteiger partial charge >= 0.3 is 6.36 Å². The van der Waals surface area contributed by atoms with Crippen LogP contribution in [-0.4, -0.2) is 44.6 Å². The van der Waals surface area contributed by atoms with Gasteiger partial charge in [-0.2, -0.15) is 0 Å². The van der Waals surface area contributed by atoms with Crippen LogP contribution in [0.5, 0.6) is 5.75 Å². The molecule has 3 aromatic rings. The van der Waals surface area contributed by atoms with E-state index in [1.807, 2.05) is 0 Å². The van der Waals surface area contributed by atoms with Crippen LogP contribution >= 0.6 is 22.9 Å². The van der Waals surface area contributed by atoms with Gasteiger partial charge in [-0.25, -0.2) is 15.0 Å². The van der Waals surface area contributed by atoms with Crippen LogP contribution in [0, 0.1) is 6.92 Å². The van der Waals surface area contributed by atoms with E-state index < -0.39 is 6.36 Å². The van der Waals surface area contributed by atoms with Gasteiger partial charge in [-0.15, -0.1) is 24.5 Å². The molecule has 0 spiro atoms. The van der Waals surface area contributed by atoms with Crippen molar-refractivity contribution in [3.05, 3.63) is 56.9 Å². The second kappa shape index (κ2) is 9.97. The van der Waals surface area contributed by atoms with E-state index in [9.17, 15) is 18.0 Å². The van der Waals surface area contributed by atoms with Crippen molar-refractivity contribution in [2.24, 2.45) is 0 Å². The molecule has 0 aliphatic carbocycles. The summed E-state index contributed by atoms with van der Waals surface area (Å²) in [6.45, 7) is 5.39. The Kier molecular flexibility index (Phi) is 7.20. The average Bonchev–Trinajstić information content (AvgIpc) is 3.33. The minimum Gasteiger partial charge on any atom is -0.406 e. The van der Waals surface area contributed by atoms with E-state index in [1.54, 1.807) is 13.0 Å². The van der Waals surface area contributed by atoms with Crippen molar-refractivity contribution in [1.82, 2.24) is 19.9 Å². The number of thiazole rings is 1. The Bertz CT molecular complexity index is 1180. The number of ketones is 1. The average molecular weight is 511 g/mol. The third kappa shape index (κ3) is 6.11. The molecule has 0 N–H and O–H groups in total. The first-order valence-electron chi connectivity index (χ1n) is 10.7. The van der Waals surface area contributed by atoms with Crippen LogP contribution in [0.15, 0.2) is 30.6 Å². The van der Waals surface area contributed by atoms with E-state index in [4.69, 9.17) is 11.6 Å². The van der Waals surface area contributed by atoms with Crippen LogP contribution in [0.4, 0.5) is 13.2 Å². The maximum atomic E-state index is 12.8. The fourth-order valence-electron chi connectivity index (χ4n) is 3.98. The Hall–Kier alpha value is -2.56. The van der Waals surface area contributed by atoms with E-state index in [2.05, 4.69) is 31.5 Å². The standard InChI is InChI=1S/C23H22ClF3N4O2S/c1-13-6-15(8-16(7-13)33-23(25,26)27)22-19(12-31-5-3-4-14(31)2)34-21(30-22)9-18(32)17-10-29-20(24)11-28-17/h6-8,10-11,14H,3-5,9,12H2,1-2H3/t14-/m1/s1. The summed E-state index contributed by atoms with van der Waals surface area (Å²) in [4.78, 5) is 28.5. The molecule has 0 unspecified atom stereocenters. The number of halogens is 4. The van der Waals surface area contributed by atoms with Gasteiger partial charge in [0.15, 0.2) is 5.78 Å². The van der Waals surface area contributed by atoms with E-state index in [0.29, 0.717) is 34.4 Å². The largest absolute Gasteiger partial charge is 0.573 e. The lowest BCUT2D eigenvalue weighted by molar-refractivity contribution is -0.274. The Morgan fingerprint density at radius 2 is 2.06 bits per heavy atom. The second-order valence-corrected chi connectivity index (χ2v) is 9.80. The summed E-state index contributed by atoms with van der Waals surface area (Å²) >= 11 is 7.13. The van der Waals surface area contributed by atoms with E-state index in [1.165, 1.54) is 35.9 Å². The molecule has 180 valence electrons. The molecule has 0 amide bonds. The Labute approximate surface area is 203 Å². The quantitative estimate of drug-likeness (QED) is 0.370. The molecule has 0 saturated carbocycles. The maximum Gasteiger partial charge on any atom is 0.573 e. The highest BCUT2D eigenvalue weighted by Gasteiger charge is 2.31. The predicted molar refractivity (Wildman–Crippen MR) is 123 cm³/mol. The number of likely N-dealkylation sites (tertiary alicyclic amines) is 1. The second-order valence-electron chi connectivity index (χ2n) is 8.25. The van der Waals surface area contributed by atoms with Crippen LogP contribution in [0.3, 0.4) is 0 Å². The molecule has 11 heteroatoms. The summed E-state index contributed by atoms with van der Waals surface area (Å²) in [7, 11) is 0. The monoisotopic (exact) mass is 510 g/mol. The number of benzene rings is 1. The third-order valence-electron chi connectivity index (χ3n) is 5.55. The van der Waals surface area contributed by atoms with Gasteiger partial charge in [0.1, 0.15) is 21.6 Å². The number of hydrogen-bond acceptors (Lipinski definition) is 7. The molecule has 3 heterocycles. The van der Waals surface area contributed by atoms with Crippen LogP contribution in [0.2, 0.25) is 5.15 Å². The van der Waals surface area contributed by atoms with Gasteiger partial charge in [-0.3, -0.25) is 9.69 Å². The SMILES string of the molecule is Cc1cc(OC(F)(F)F)cc(-c2nc(CC(=O)c3cnc(Cl)cn3)sc2CN2CCC[C@H]2C)c1. The van der Waals surface area contributed by atoms with Crippen molar-refractivity contribution in [2.45, 2.75) is 52.1 Å². The molecule has 4 rings (SSSR count). The van der Waals surface area contributed by atoms with Gasteiger partial charge in [0, 0.05) is 23.0 Å². The van der Waals surface area contributed by atoms with Gasteiger partial charge in [0.2, 0.25) is 0 Å². The molecule has 1 aromatic carbocycles. The van der Waals surface area contributed by atoms with Gasteiger partial charge in [0.25, 0.3) is 0 Å². The lowest BCUT2D eigenvalue weighted by atomic mass is 10.1. The smallest absolute Gasteiger partial charge is 0.406 e. The highest BCUT2D eigenvalue weighted by molar-refractivity contribution is 7.12. The molecule has 34 heavy (non-hydrogen) atoms. The predicted octanol–water partition coefficient (Wildman–Crippen LogP) is 5.87. The number of hydrogen-bond donors (Lipinski definition) is 0. The Balaban J connectivity index is 1.68. The van der Waals surface area contributed by atoms with Gasteiger partial charge in [-0.1, -0.05) is 11.6 Å². The topological polar surface area (TPSA) is 68.2 Å². The van der Waals surface area contributed by atoms with Crippen molar-refractivity contribution in [1.29, 1.82) is 0 Å². The summed E-state index contributed by atoms with van der Waals surface area (Å²) in [6.07, 6.45) is -0.00344. The zero-order valence-electron chi connectivity index (χ0n) is 18.5. The summed E-state index contributed by atoms with van der Waals surface area (Å²) in [5, 5.41) is 0.741. The number of alkyl halides is 3. The molecule has 6 nitrogen and oxygen atoms in total. The van der Waals surface area contributed by atoms with Crippen molar-refractivity contribution < 1.29 is 22.7 Å². The van der Waals surface area contributed by atoms with Gasteiger partial charge in [-0.05, 0) is 57.0 Å². The molecular weight excluding hydrogens is 489 g/mol. The lowest BCUT2D eigenvalue weighted by Crippen LogP contribution is -2.25. The first-order chi connectivity index (χ1) is 16.1. The van der Waals surface area contributed by atoms with Crippen molar-refractivity contribution in [2.75, 3.05) is 6.54 Å². The van der Waals surface area contributed by atoms with Gasteiger partial charge in [0.05, 0.1) is 24.5 Å². The molecule has 1 atom stereocenters. The fourth-order valence-corrected chi connectivity index (χ4v) is 5.19. The molecule has 2 aromatic heterocycles. The Morgan fingerprint density at radius 3 is 2.71 bits per heavy atom. The molecule has 1 fully saturated rings. The molecular formula is C23H22ClF3N4O2S. The van der Waals surface area contributed by atoms with Crippen LogP contribution in [0.1, 0.15) is 45.7 Å². The van der Waals surface area contributed by atoms with Crippen LogP contribution in [-0.2, 0) is 13.0 Å². The van der Waals surface area contributed by atoms with Crippen molar-refractivity contribution in [3.63, 3.8) is 0 Å². The number of aryl methyl sites for hydroxylation is 1. The summed E-state index contributed by atoms with van der Waals surface area (Å²) in [5.74, 6) is -0.569. The summed E-state index contributed by atoms with van der Waals surface area (Å²) < 4.78 is 42.7. The van der Waals surface area contributed by atoms with Crippen LogP contribution < -0.4 is 4.74 Å². The highest BCUT2D eigenvalue weighted by Crippen LogP contribution is 2.35. The zero-order valence-corrected chi connectivity index (χ0v) is 20.1. The van der Waals surface area contributed by atoms with E-state index in [-0.39, 0.29) is 28.8 Å². The number of ether oxygens (including phenoxy) is 1. The van der Waals surface area contributed by atoms with Crippen LogP contribution in [0.25, 0.3) is 11.3 Å². The molecule has 0 radical (unpaired) electrons. The van der Waals surface area contributed by atoms with Gasteiger partial charge < -0.3 is 4.74 Å². The minimum absolute atomic E-state index is 0.00125. The minimum atomic E-state index is -4.79. The Morgan fingerprint density at radius 1 is 1.26 bits per heavy atom. The zero-order chi connectivity index (χ0) is 24.5. The fraction of sp³-hybridized carbons (Fsp3) is 0.391. The summed E-state index contributed by atoms with van der Waals surface area (Å²) in [5.41, 5.74) is 1.86. The number of nitrogens with zero attached hydrogens (tertiary/aromatic N) is 4. The number of rotatable bonds is 7.